The minimum Gasteiger partial charge on any atom is -0.339 e. The van der Waals surface area contributed by atoms with E-state index in [1.54, 1.807) is 0 Å². The molecule has 1 fully saturated rings. The number of anilines is 1. The van der Waals surface area contributed by atoms with Gasteiger partial charge in [0.05, 0.1) is 11.4 Å². The van der Waals surface area contributed by atoms with Gasteiger partial charge in [-0.05, 0) is 26.0 Å². The number of nitrogens with zero attached hydrogens (tertiary/aromatic N) is 5. The lowest BCUT2D eigenvalue weighted by atomic mass is 10.2. The summed E-state index contributed by atoms with van der Waals surface area (Å²) in [4.78, 5) is 11.4. The third-order valence-corrected chi connectivity index (χ3v) is 3.56. The van der Waals surface area contributed by atoms with Crippen LogP contribution in [0, 0.1) is 6.92 Å². The van der Waals surface area contributed by atoms with Crippen molar-refractivity contribution in [2.45, 2.75) is 13.3 Å². The van der Waals surface area contributed by atoms with Crippen LogP contribution in [0.4, 0.5) is 5.95 Å². The minimum atomic E-state index is 0.814. The van der Waals surface area contributed by atoms with Crippen molar-refractivity contribution in [2.24, 2.45) is 7.05 Å². The topological polar surface area (TPSA) is 58.9 Å². The lowest BCUT2D eigenvalue weighted by molar-refractivity contribution is 0.724. The molecule has 3 rings (SSSR count). The highest BCUT2D eigenvalue weighted by molar-refractivity contribution is 5.61. The maximum atomic E-state index is 4.72. The van der Waals surface area contributed by atoms with E-state index in [4.69, 9.17) is 4.98 Å². The van der Waals surface area contributed by atoms with E-state index in [-0.39, 0.29) is 0 Å². The van der Waals surface area contributed by atoms with Crippen LogP contribution < -0.4 is 10.2 Å². The summed E-state index contributed by atoms with van der Waals surface area (Å²) in [6, 6.07) is 1.95. The monoisotopic (exact) mass is 272 g/mol. The van der Waals surface area contributed by atoms with Crippen LogP contribution >= 0.6 is 0 Å². The van der Waals surface area contributed by atoms with Crippen LogP contribution in [0.25, 0.3) is 11.3 Å². The maximum Gasteiger partial charge on any atom is 0.225 e. The Balaban J connectivity index is 1.90. The zero-order valence-electron chi connectivity index (χ0n) is 12.0. The van der Waals surface area contributed by atoms with Gasteiger partial charge in [-0.3, -0.25) is 4.68 Å². The third-order valence-electron chi connectivity index (χ3n) is 3.56. The number of rotatable bonds is 2. The van der Waals surface area contributed by atoms with Gasteiger partial charge in [-0.2, -0.15) is 5.10 Å². The number of aromatic nitrogens is 4. The van der Waals surface area contributed by atoms with Gasteiger partial charge in [0.2, 0.25) is 5.95 Å². The minimum absolute atomic E-state index is 0.814. The Morgan fingerprint density at radius 2 is 2.15 bits per heavy atom. The molecule has 1 N–H and O–H groups in total. The van der Waals surface area contributed by atoms with Crippen molar-refractivity contribution >= 4 is 5.95 Å². The first-order valence-electron chi connectivity index (χ1n) is 7.03. The zero-order chi connectivity index (χ0) is 13.9. The van der Waals surface area contributed by atoms with Gasteiger partial charge in [0.15, 0.2) is 0 Å². The van der Waals surface area contributed by atoms with E-state index in [1.165, 1.54) is 0 Å². The predicted molar refractivity (Wildman–Crippen MR) is 78.7 cm³/mol. The molecule has 1 aliphatic rings. The van der Waals surface area contributed by atoms with E-state index in [2.05, 4.69) is 20.3 Å². The van der Waals surface area contributed by atoms with E-state index >= 15 is 0 Å². The summed E-state index contributed by atoms with van der Waals surface area (Å²) < 4.78 is 1.82. The van der Waals surface area contributed by atoms with Crippen LogP contribution in [0.15, 0.2) is 18.5 Å². The Morgan fingerprint density at radius 1 is 1.25 bits per heavy atom. The van der Waals surface area contributed by atoms with Gasteiger partial charge in [0, 0.05) is 44.6 Å². The maximum absolute atomic E-state index is 4.72. The molecule has 6 nitrogen and oxygen atoms in total. The van der Waals surface area contributed by atoms with Crippen molar-refractivity contribution in [3.8, 4) is 11.3 Å². The van der Waals surface area contributed by atoms with Crippen molar-refractivity contribution in [1.29, 1.82) is 0 Å². The summed E-state index contributed by atoms with van der Waals surface area (Å²) in [6.45, 7) is 6.02. The van der Waals surface area contributed by atoms with Gasteiger partial charge in [0.1, 0.15) is 0 Å². The van der Waals surface area contributed by atoms with Gasteiger partial charge in [-0.15, -0.1) is 0 Å². The number of nitrogens with one attached hydrogen (secondary N) is 1. The number of hydrogen-bond acceptors (Lipinski definition) is 5. The second-order valence-electron chi connectivity index (χ2n) is 5.13. The standard InChI is InChI=1S/C14H20N6/c1-11-12(10-19(2)18-11)13-4-6-16-14(17-13)20-8-3-5-15-7-9-20/h4,6,10,15H,3,5,7-9H2,1-2H3. The first-order chi connectivity index (χ1) is 9.74. The second kappa shape index (κ2) is 5.58. The highest BCUT2D eigenvalue weighted by Gasteiger charge is 2.14. The van der Waals surface area contributed by atoms with Crippen LogP contribution in [-0.2, 0) is 7.05 Å². The number of hydrogen-bond donors (Lipinski definition) is 1. The van der Waals surface area contributed by atoms with Crippen molar-refractivity contribution < 1.29 is 0 Å². The Morgan fingerprint density at radius 3 is 2.95 bits per heavy atom. The van der Waals surface area contributed by atoms with E-state index in [9.17, 15) is 0 Å². The fourth-order valence-electron chi connectivity index (χ4n) is 2.55. The molecule has 0 saturated carbocycles. The molecule has 0 unspecified atom stereocenters. The van der Waals surface area contributed by atoms with Gasteiger partial charge in [-0.1, -0.05) is 0 Å². The first kappa shape index (κ1) is 13.1. The molecular formula is C14H20N6. The molecule has 0 aliphatic carbocycles. The summed E-state index contributed by atoms with van der Waals surface area (Å²) in [7, 11) is 1.93. The molecule has 3 heterocycles. The SMILES string of the molecule is Cc1nn(C)cc1-c1ccnc(N2CCCNCC2)n1. The fraction of sp³-hybridized carbons (Fsp3) is 0.500. The molecule has 106 valence electrons. The van der Waals surface area contributed by atoms with E-state index in [1.807, 2.05) is 37.1 Å². The van der Waals surface area contributed by atoms with E-state index < -0.39 is 0 Å². The molecule has 2 aromatic rings. The molecule has 0 aromatic carbocycles. The second-order valence-corrected chi connectivity index (χ2v) is 5.13. The molecule has 0 radical (unpaired) electrons. The normalized spacial score (nSPS) is 16.2. The summed E-state index contributed by atoms with van der Waals surface area (Å²) in [5, 5.41) is 7.77. The van der Waals surface area contributed by atoms with Gasteiger partial charge < -0.3 is 10.2 Å². The Labute approximate surface area is 118 Å². The number of aryl methyl sites for hydroxylation is 2. The van der Waals surface area contributed by atoms with Crippen molar-refractivity contribution in [3.05, 3.63) is 24.2 Å². The van der Waals surface area contributed by atoms with E-state index in [0.717, 1.165) is 55.5 Å². The molecule has 0 atom stereocenters. The average molecular weight is 272 g/mol. The Kier molecular flexibility index (Phi) is 3.64. The molecule has 20 heavy (non-hydrogen) atoms. The van der Waals surface area contributed by atoms with Gasteiger partial charge >= 0.3 is 0 Å². The van der Waals surface area contributed by atoms with Crippen molar-refractivity contribution in [1.82, 2.24) is 25.1 Å². The molecule has 1 aliphatic heterocycles. The van der Waals surface area contributed by atoms with Crippen LogP contribution in [0.2, 0.25) is 0 Å². The van der Waals surface area contributed by atoms with Crippen LogP contribution in [0.5, 0.6) is 0 Å². The molecular weight excluding hydrogens is 252 g/mol. The van der Waals surface area contributed by atoms with Crippen LogP contribution in [0.3, 0.4) is 0 Å². The van der Waals surface area contributed by atoms with Crippen LogP contribution in [-0.4, -0.2) is 45.9 Å². The summed E-state index contributed by atoms with van der Waals surface area (Å²) in [6.07, 6.45) is 4.97. The fourth-order valence-corrected chi connectivity index (χ4v) is 2.55. The molecule has 0 amide bonds. The molecule has 1 saturated heterocycles. The summed E-state index contributed by atoms with van der Waals surface area (Å²) in [5.41, 5.74) is 3.01. The summed E-state index contributed by atoms with van der Waals surface area (Å²) in [5.74, 6) is 0.814. The lowest BCUT2D eigenvalue weighted by Gasteiger charge is -2.19. The summed E-state index contributed by atoms with van der Waals surface area (Å²) >= 11 is 0. The highest BCUT2D eigenvalue weighted by Crippen LogP contribution is 2.21. The molecule has 0 spiro atoms. The van der Waals surface area contributed by atoms with Crippen LogP contribution in [0.1, 0.15) is 12.1 Å². The van der Waals surface area contributed by atoms with Crippen molar-refractivity contribution in [2.75, 3.05) is 31.1 Å². The third kappa shape index (κ3) is 2.65. The predicted octanol–water partition coefficient (Wildman–Crippen LogP) is 0.985. The van der Waals surface area contributed by atoms with E-state index in [0.29, 0.717) is 0 Å². The smallest absolute Gasteiger partial charge is 0.225 e. The first-order valence-corrected chi connectivity index (χ1v) is 7.03. The largest absolute Gasteiger partial charge is 0.339 e. The quantitative estimate of drug-likeness (QED) is 0.883. The Hall–Kier alpha value is -1.95. The molecule has 2 aromatic heterocycles. The van der Waals surface area contributed by atoms with Gasteiger partial charge in [0.25, 0.3) is 0 Å². The average Bonchev–Trinajstić information content (AvgIpc) is 2.68. The van der Waals surface area contributed by atoms with Crippen molar-refractivity contribution in [3.63, 3.8) is 0 Å². The zero-order valence-corrected chi connectivity index (χ0v) is 12.0. The van der Waals surface area contributed by atoms with Gasteiger partial charge in [-0.25, -0.2) is 9.97 Å². The molecule has 0 bridgehead atoms. The lowest BCUT2D eigenvalue weighted by Crippen LogP contribution is -2.29. The highest BCUT2D eigenvalue weighted by atomic mass is 15.3. The Bertz CT molecular complexity index is 583. The molecule has 6 heteroatoms.